The number of ketones is 2. The maximum Gasteiger partial charge on any atom is 0.330 e. The van der Waals surface area contributed by atoms with E-state index in [1.165, 1.54) is 32.1 Å². The van der Waals surface area contributed by atoms with Crippen LogP contribution in [-0.4, -0.2) is 79.4 Å². The molecule has 12 heteroatoms. The van der Waals surface area contributed by atoms with Crippen LogP contribution in [0.2, 0.25) is 0 Å². The van der Waals surface area contributed by atoms with Crippen LogP contribution in [0.4, 0.5) is 4.39 Å². The van der Waals surface area contributed by atoms with E-state index >= 15 is 0 Å². The van der Waals surface area contributed by atoms with Gasteiger partial charge in [0.25, 0.3) is 5.91 Å². The Bertz CT molecular complexity index is 1650. The number of likely N-dealkylation sites (tertiary alicyclic amines) is 1. The molecule has 2 aromatic carbocycles. The third-order valence-corrected chi connectivity index (χ3v) is 8.95. The number of carbonyl (C=O) groups is 5. The first-order valence-corrected chi connectivity index (χ1v) is 18.3. The molecule has 1 aliphatic heterocycles. The number of carboxylic acids is 1. The van der Waals surface area contributed by atoms with Crippen molar-refractivity contribution < 1.29 is 52.4 Å². The molecule has 1 aliphatic rings. The first kappa shape index (κ1) is 45.2. The fraction of sp³-hybridized carbons (Fsp3) is 0.500. The molecule has 0 radical (unpaired) electrons. The number of piperidine rings is 1. The van der Waals surface area contributed by atoms with Gasteiger partial charge in [0.2, 0.25) is 5.78 Å². The highest BCUT2D eigenvalue weighted by Gasteiger charge is 2.41. The molecule has 2 aromatic rings. The number of carboxylic acid groups (broad SMARTS) is 1. The summed E-state index contributed by atoms with van der Waals surface area (Å²) in [5.41, 5.74) is 0.486. The van der Waals surface area contributed by atoms with Crippen LogP contribution in [0, 0.1) is 23.1 Å². The van der Waals surface area contributed by atoms with Crippen molar-refractivity contribution in [3.8, 4) is 17.2 Å². The van der Waals surface area contributed by atoms with Gasteiger partial charge in [-0.25, -0.2) is 14.0 Å². The van der Waals surface area contributed by atoms with Gasteiger partial charge in [0.1, 0.15) is 30.8 Å². The number of hydrogen-bond donors (Lipinski definition) is 1. The Balaban J connectivity index is 0.000000373. The normalized spacial score (nSPS) is 15.0. The number of carbonyl (C=O) groups excluding carboxylic acids is 4. The molecule has 11 nitrogen and oxygen atoms in total. The molecule has 2 atom stereocenters. The van der Waals surface area contributed by atoms with Crippen LogP contribution in [0.1, 0.15) is 84.8 Å². The van der Waals surface area contributed by atoms with Crippen LogP contribution in [-0.2, 0) is 35.1 Å². The number of rotatable bonds is 18. The molecule has 3 rings (SSSR count). The fourth-order valence-electron chi connectivity index (χ4n) is 5.21. The average Bonchev–Trinajstić information content (AvgIpc) is 3.15. The predicted octanol–water partition coefficient (Wildman–Crippen LogP) is 7.29. The lowest BCUT2D eigenvalue weighted by molar-refractivity contribution is -0.159. The molecule has 1 saturated heterocycles. The van der Waals surface area contributed by atoms with E-state index in [0.717, 1.165) is 28.9 Å². The standard InChI is InChI=1S/C22H25FO4.C20H31NO6/c1-15(2)20(24)14-27-19-11-17(10-18(23)13-19)7-5-6-16-8-9-21(25-3)22(12-16)26-4;1-5-14(2)9-8-11-16(22)27-13-20(3,4)17(23)18(24)21-12-7-6-10-15(21)19(25)26/h5-6,8-13,15H,7,14H2,1-4H3;8,11,14-15H,5-7,9-10,12-13H2,1-4H3,(H,25,26)/b6-5+;11-8-/t;14?,15-/m.0/s1. The van der Waals surface area contributed by atoms with Crippen molar-refractivity contribution >= 4 is 35.5 Å². The van der Waals surface area contributed by atoms with Crippen molar-refractivity contribution in [3.63, 3.8) is 0 Å². The number of Topliss-reactive ketones (excluding diaryl/α,β-unsaturated/α-hetero) is 2. The van der Waals surface area contributed by atoms with Crippen LogP contribution in [0.15, 0.2) is 54.6 Å². The van der Waals surface area contributed by atoms with E-state index in [4.69, 9.17) is 18.9 Å². The highest BCUT2D eigenvalue weighted by molar-refractivity contribution is 6.38. The molecule has 0 saturated carbocycles. The van der Waals surface area contributed by atoms with E-state index in [0.29, 0.717) is 48.8 Å². The summed E-state index contributed by atoms with van der Waals surface area (Å²) in [5.74, 6) is -1.61. The van der Waals surface area contributed by atoms with Crippen molar-refractivity contribution in [2.45, 2.75) is 86.1 Å². The van der Waals surface area contributed by atoms with Crippen molar-refractivity contribution in [2.24, 2.45) is 17.3 Å². The van der Waals surface area contributed by atoms with Gasteiger partial charge >= 0.3 is 11.9 Å². The molecule has 0 aromatic heterocycles. The lowest BCUT2D eigenvalue weighted by Gasteiger charge is -2.34. The minimum atomic E-state index is -1.22. The molecular weight excluding hydrogens is 697 g/mol. The third-order valence-electron chi connectivity index (χ3n) is 8.95. The smallest absolute Gasteiger partial charge is 0.330 e. The first-order chi connectivity index (χ1) is 25.5. The summed E-state index contributed by atoms with van der Waals surface area (Å²) < 4.78 is 34.9. The van der Waals surface area contributed by atoms with E-state index in [9.17, 15) is 33.5 Å². The predicted molar refractivity (Wildman–Crippen MR) is 204 cm³/mol. The number of allylic oxidation sites excluding steroid dienone is 2. The Kier molecular flexibility index (Phi) is 18.6. The Morgan fingerprint density at radius 3 is 2.31 bits per heavy atom. The van der Waals surface area contributed by atoms with Gasteiger partial charge < -0.3 is 29.0 Å². The number of nitrogens with zero attached hydrogens (tertiary/aromatic N) is 1. The second-order valence-corrected chi connectivity index (χ2v) is 14.2. The van der Waals surface area contributed by atoms with Gasteiger partial charge in [-0.2, -0.15) is 0 Å². The summed E-state index contributed by atoms with van der Waals surface area (Å²) in [4.78, 5) is 61.1. The van der Waals surface area contributed by atoms with Crippen molar-refractivity contribution in [1.82, 2.24) is 4.90 Å². The Morgan fingerprint density at radius 2 is 1.69 bits per heavy atom. The van der Waals surface area contributed by atoms with Crippen molar-refractivity contribution in [1.29, 1.82) is 0 Å². The summed E-state index contributed by atoms with van der Waals surface area (Å²) in [6.07, 6.45) is 10.9. The zero-order valence-electron chi connectivity index (χ0n) is 32.8. The largest absolute Gasteiger partial charge is 0.493 e. The number of benzene rings is 2. The van der Waals surface area contributed by atoms with Crippen LogP contribution in [0.25, 0.3) is 6.08 Å². The number of aliphatic carboxylic acids is 1. The summed E-state index contributed by atoms with van der Waals surface area (Å²) in [5, 5.41) is 9.28. The van der Waals surface area contributed by atoms with Gasteiger partial charge in [-0.15, -0.1) is 0 Å². The summed E-state index contributed by atoms with van der Waals surface area (Å²) in [7, 11) is 3.18. The Morgan fingerprint density at radius 1 is 0.981 bits per heavy atom. The maximum atomic E-state index is 13.8. The SMILES string of the molecule is CCC(C)C/C=C\C(=O)OCC(C)(C)C(=O)C(=O)N1CCCC[C@H]1C(=O)O.COc1ccc(/C=C/Cc2cc(F)cc(OCC(=O)C(C)C)c2)cc1OC. The van der Waals surface area contributed by atoms with Gasteiger partial charge in [-0.3, -0.25) is 14.4 Å². The summed E-state index contributed by atoms with van der Waals surface area (Å²) in [6.45, 7) is 10.7. The second-order valence-electron chi connectivity index (χ2n) is 14.2. The van der Waals surface area contributed by atoms with Crippen LogP contribution in [0.5, 0.6) is 17.2 Å². The van der Waals surface area contributed by atoms with Crippen LogP contribution >= 0.6 is 0 Å². The molecule has 1 fully saturated rings. The average molecular weight is 754 g/mol. The Labute approximate surface area is 318 Å². The van der Waals surface area contributed by atoms with Crippen molar-refractivity contribution in [3.05, 3.63) is 71.6 Å². The van der Waals surface area contributed by atoms with Crippen molar-refractivity contribution in [2.75, 3.05) is 34.0 Å². The number of hydrogen-bond acceptors (Lipinski definition) is 9. The maximum absolute atomic E-state index is 13.8. The van der Waals surface area contributed by atoms with E-state index < -0.39 is 35.1 Å². The van der Waals surface area contributed by atoms with Gasteiger partial charge in [0.15, 0.2) is 17.3 Å². The summed E-state index contributed by atoms with van der Waals surface area (Å²) >= 11 is 0. The topological polar surface area (TPSA) is 146 Å². The molecule has 1 unspecified atom stereocenters. The lowest BCUT2D eigenvalue weighted by atomic mass is 9.87. The first-order valence-electron chi connectivity index (χ1n) is 18.3. The second kappa shape index (κ2) is 22.3. The molecule has 1 N–H and O–H groups in total. The molecule has 0 aliphatic carbocycles. The third kappa shape index (κ3) is 14.8. The zero-order valence-corrected chi connectivity index (χ0v) is 32.8. The summed E-state index contributed by atoms with van der Waals surface area (Å²) in [6, 6.07) is 9.12. The van der Waals surface area contributed by atoms with Gasteiger partial charge in [0, 0.05) is 24.6 Å². The monoisotopic (exact) mass is 753 g/mol. The minimum Gasteiger partial charge on any atom is -0.493 e. The Hall–Kier alpha value is -5.00. The number of halogens is 1. The fourth-order valence-corrected chi connectivity index (χ4v) is 5.21. The molecule has 1 amide bonds. The molecule has 296 valence electrons. The lowest BCUT2D eigenvalue weighted by Crippen LogP contribution is -2.53. The minimum absolute atomic E-state index is 0.0193. The highest BCUT2D eigenvalue weighted by Crippen LogP contribution is 2.28. The van der Waals surface area contributed by atoms with E-state index in [-0.39, 0.29) is 37.3 Å². The molecular formula is C42H56FNO10. The quantitative estimate of drug-likeness (QED) is 0.0936. The number of ether oxygens (including phenoxy) is 4. The molecule has 1 heterocycles. The van der Waals surface area contributed by atoms with Crippen LogP contribution in [0.3, 0.4) is 0 Å². The van der Waals surface area contributed by atoms with Gasteiger partial charge in [-0.05, 0) is 87.3 Å². The number of esters is 1. The zero-order chi connectivity index (χ0) is 40.4. The number of amides is 1. The van der Waals surface area contributed by atoms with Gasteiger partial charge in [-0.1, -0.05) is 58.4 Å². The van der Waals surface area contributed by atoms with Crippen LogP contribution < -0.4 is 14.2 Å². The molecule has 54 heavy (non-hydrogen) atoms. The molecule has 0 spiro atoms. The van der Waals surface area contributed by atoms with E-state index in [2.05, 4.69) is 13.8 Å². The van der Waals surface area contributed by atoms with Gasteiger partial charge in [0.05, 0.1) is 19.6 Å². The van der Waals surface area contributed by atoms with E-state index in [1.54, 1.807) is 26.4 Å². The highest BCUT2D eigenvalue weighted by atomic mass is 19.1. The number of methoxy groups -OCH3 is 2. The van der Waals surface area contributed by atoms with E-state index in [1.807, 2.05) is 44.2 Å². The molecule has 0 bridgehead atoms.